The van der Waals surface area contributed by atoms with Crippen LogP contribution in [0.5, 0.6) is 0 Å². The van der Waals surface area contributed by atoms with E-state index in [-0.39, 0.29) is 28.8 Å². The van der Waals surface area contributed by atoms with E-state index in [0.29, 0.717) is 31.5 Å². The number of rotatable bonds is 6. The average Bonchev–Trinajstić information content (AvgIpc) is 3.07. The van der Waals surface area contributed by atoms with E-state index in [4.69, 9.17) is 0 Å². The second-order valence-electron chi connectivity index (χ2n) is 8.62. The predicted octanol–water partition coefficient (Wildman–Crippen LogP) is 2.43. The second kappa shape index (κ2) is 9.89. The van der Waals surface area contributed by atoms with Crippen molar-refractivity contribution in [2.24, 2.45) is 0 Å². The maximum absolute atomic E-state index is 13.1. The van der Waals surface area contributed by atoms with Crippen LogP contribution in [0.3, 0.4) is 0 Å². The maximum Gasteiger partial charge on any atom is 0.251 e. The maximum atomic E-state index is 13.1. The molecule has 0 aromatic heterocycles. The summed E-state index contributed by atoms with van der Waals surface area (Å²) in [6.45, 7) is 4.18. The normalized spacial score (nSPS) is 19.3. The fraction of sp³-hybridized carbons (Fsp3) is 0.360. The van der Waals surface area contributed by atoms with Crippen molar-refractivity contribution in [3.63, 3.8) is 0 Å². The molecule has 2 amide bonds. The van der Waals surface area contributed by atoms with Gasteiger partial charge in [-0.25, -0.2) is 8.42 Å². The van der Waals surface area contributed by atoms with Crippen LogP contribution < -0.4 is 10.6 Å². The van der Waals surface area contributed by atoms with Gasteiger partial charge in [-0.2, -0.15) is 4.31 Å². The summed E-state index contributed by atoms with van der Waals surface area (Å²) in [5.74, 6) is -0.445. The quantitative estimate of drug-likeness (QED) is 0.638. The number of carbonyl (C=O) groups excluding carboxylic acids is 2. The van der Waals surface area contributed by atoms with Gasteiger partial charge in [0.2, 0.25) is 15.9 Å². The topological polar surface area (TPSA) is 95.6 Å². The fourth-order valence-corrected chi connectivity index (χ4v) is 6.07. The molecule has 2 aromatic rings. The number of hydrogen-bond acceptors (Lipinski definition) is 4. The molecule has 4 rings (SSSR count). The molecule has 8 heteroatoms. The van der Waals surface area contributed by atoms with E-state index in [1.54, 1.807) is 12.1 Å². The smallest absolute Gasteiger partial charge is 0.251 e. The van der Waals surface area contributed by atoms with E-state index < -0.39 is 10.0 Å². The Morgan fingerprint density at radius 1 is 0.909 bits per heavy atom. The van der Waals surface area contributed by atoms with Crippen molar-refractivity contribution in [2.45, 2.75) is 49.1 Å². The minimum absolute atomic E-state index is 0.0462. The molecule has 2 N–H and O–H groups in total. The number of nitrogens with zero attached hydrogens (tertiary/aromatic N) is 1. The summed E-state index contributed by atoms with van der Waals surface area (Å²) in [5, 5.41) is 5.91. The molecule has 1 unspecified atom stereocenters. The lowest BCUT2D eigenvalue weighted by Gasteiger charge is -2.20. The zero-order valence-electron chi connectivity index (χ0n) is 18.5. The number of nitrogens with one attached hydrogen (secondary N) is 2. The molecule has 0 radical (unpaired) electrons. The molecule has 0 bridgehead atoms. The van der Waals surface area contributed by atoms with Crippen LogP contribution in [-0.2, 0) is 27.7 Å². The molecule has 1 heterocycles. The minimum Gasteiger partial charge on any atom is -0.350 e. The lowest BCUT2D eigenvalue weighted by molar-refractivity contribution is -0.117. The summed E-state index contributed by atoms with van der Waals surface area (Å²) in [6, 6.07) is 14.3. The lowest BCUT2D eigenvalue weighted by atomic mass is 10.1. The SMILES string of the molecule is C=CC(=O)NC1CCCN(S(=O)(=O)c2ccc(C(=O)NC3Cc4ccccc4C3)cc2)CC1. The number of hydrogen-bond donors (Lipinski definition) is 2. The van der Waals surface area contributed by atoms with Gasteiger partial charge in [-0.1, -0.05) is 30.8 Å². The van der Waals surface area contributed by atoms with Crippen molar-refractivity contribution in [1.82, 2.24) is 14.9 Å². The second-order valence-corrected chi connectivity index (χ2v) is 10.6. The van der Waals surface area contributed by atoms with Crippen molar-refractivity contribution in [1.29, 1.82) is 0 Å². The van der Waals surface area contributed by atoms with Gasteiger partial charge in [0.05, 0.1) is 4.90 Å². The fourth-order valence-electron chi connectivity index (χ4n) is 4.57. The Bertz CT molecular complexity index is 1120. The van der Waals surface area contributed by atoms with Crippen LogP contribution in [0.25, 0.3) is 0 Å². The van der Waals surface area contributed by atoms with Crippen LogP contribution in [0, 0.1) is 0 Å². The van der Waals surface area contributed by atoms with Crippen LogP contribution in [0.2, 0.25) is 0 Å². The van der Waals surface area contributed by atoms with E-state index >= 15 is 0 Å². The highest BCUT2D eigenvalue weighted by Crippen LogP contribution is 2.23. The summed E-state index contributed by atoms with van der Waals surface area (Å²) >= 11 is 0. The van der Waals surface area contributed by atoms with Gasteiger partial charge >= 0.3 is 0 Å². The Balaban J connectivity index is 1.37. The summed E-state index contributed by atoms with van der Waals surface area (Å²) in [7, 11) is -3.68. The zero-order chi connectivity index (χ0) is 23.4. The highest BCUT2D eigenvalue weighted by atomic mass is 32.2. The standard InChI is InChI=1S/C25H29N3O4S/c1-2-24(29)26-21-8-5-14-28(15-13-21)33(31,32)23-11-9-18(10-12-23)25(30)27-22-16-19-6-3-4-7-20(19)17-22/h2-4,6-7,9-12,21-22H,1,5,8,13-17H2,(H,26,29)(H,27,30). The van der Waals surface area contributed by atoms with E-state index in [0.717, 1.165) is 19.3 Å². The van der Waals surface area contributed by atoms with E-state index in [9.17, 15) is 18.0 Å². The molecule has 2 aliphatic rings. The third-order valence-corrected chi connectivity index (χ3v) is 8.27. The van der Waals surface area contributed by atoms with Crippen molar-refractivity contribution in [3.8, 4) is 0 Å². The molecule has 0 saturated carbocycles. The van der Waals surface area contributed by atoms with Gasteiger partial charge in [-0.05, 0) is 73.6 Å². The summed E-state index contributed by atoms with van der Waals surface area (Å²) in [4.78, 5) is 24.4. The van der Waals surface area contributed by atoms with Crippen molar-refractivity contribution in [2.75, 3.05) is 13.1 Å². The lowest BCUT2D eigenvalue weighted by Crippen LogP contribution is -2.36. The molecule has 0 spiro atoms. The minimum atomic E-state index is -3.68. The number of amides is 2. The Kier molecular flexibility index (Phi) is 6.95. The van der Waals surface area contributed by atoms with Crippen LogP contribution in [0.15, 0.2) is 66.1 Å². The van der Waals surface area contributed by atoms with Crippen LogP contribution in [0.1, 0.15) is 40.7 Å². The van der Waals surface area contributed by atoms with E-state index in [2.05, 4.69) is 29.3 Å². The third-order valence-electron chi connectivity index (χ3n) is 6.36. The van der Waals surface area contributed by atoms with Crippen LogP contribution in [0.4, 0.5) is 0 Å². The van der Waals surface area contributed by atoms with E-state index in [1.165, 1.54) is 33.6 Å². The van der Waals surface area contributed by atoms with Gasteiger partial charge in [0.15, 0.2) is 0 Å². The number of fused-ring (bicyclic) bond motifs is 1. The third kappa shape index (κ3) is 5.34. The Hall–Kier alpha value is -2.97. The average molecular weight is 468 g/mol. The van der Waals surface area contributed by atoms with Crippen LogP contribution in [-0.4, -0.2) is 49.7 Å². The first kappa shape index (κ1) is 23.2. The van der Waals surface area contributed by atoms with Crippen molar-refractivity contribution in [3.05, 3.63) is 77.9 Å². The molecule has 1 fully saturated rings. The first-order chi connectivity index (χ1) is 15.9. The van der Waals surface area contributed by atoms with Gasteiger partial charge in [-0.3, -0.25) is 9.59 Å². The largest absolute Gasteiger partial charge is 0.350 e. The molecular formula is C25H29N3O4S. The Labute approximate surface area is 194 Å². The van der Waals surface area contributed by atoms with E-state index in [1.807, 2.05) is 12.1 Å². The molecule has 174 valence electrons. The highest BCUT2D eigenvalue weighted by molar-refractivity contribution is 7.89. The molecule has 7 nitrogen and oxygen atoms in total. The molecular weight excluding hydrogens is 438 g/mol. The van der Waals surface area contributed by atoms with Crippen LogP contribution >= 0.6 is 0 Å². The number of benzene rings is 2. The molecule has 1 aliphatic carbocycles. The van der Waals surface area contributed by atoms with Gasteiger partial charge in [0, 0.05) is 30.7 Å². The highest BCUT2D eigenvalue weighted by Gasteiger charge is 2.28. The Morgan fingerprint density at radius 3 is 2.21 bits per heavy atom. The van der Waals surface area contributed by atoms with Crippen molar-refractivity contribution >= 4 is 21.8 Å². The monoisotopic (exact) mass is 467 g/mol. The first-order valence-electron chi connectivity index (χ1n) is 11.3. The first-order valence-corrected chi connectivity index (χ1v) is 12.7. The molecule has 1 atom stereocenters. The molecule has 2 aromatic carbocycles. The molecule has 1 aliphatic heterocycles. The predicted molar refractivity (Wildman–Crippen MR) is 126 cm³/mol. The molecule has 1 saturated heterocycles. The van der Waals surface area contributed by atoms with Gasteiger partial charge in [-0.15, -0.1) is 0 Å². The number of carbonyl (C=O) groups is 2. The number of sulfonamides is 1. The van der Waals surface area contributed by atoms with Crippen molar-refractivity contribution < 1.29 is 18.0 Å². The molecule has 33 heavy (non-hydrogen) atoms. The van der Waals surface area contributed by atoms with Gasteiger partial charge < -0.3 is 10.6 Å². The summed E-state index contributed by atoms with van der Waals surface area (Å²) < 4.78 is 27.7. The summed E-state index contributed by atoms with van der Waals surface area (Å²) in [6.07, 6.45) is 4.75. The van der Waals surface area contributed by atoms with Gasteiger partial charge in [0.25, 0.3) is 5.91 Å². The zero-order valence-corrected chi connectivity index (χ0v) is 19.3. The Morgan fingerprint density at radius 2 is 1.58 bits per heavy atom. The summed E-state index contributed by atoms with van der Waals surface area (Å²) in [5.41, 5.74) is 2.95. The van der Waals surface area contributed by atoms with Gasteiger partial charge in [0.1, 0.15) is 0 Å².